The number of halogens is 1. The summed E-state index contributed by atoms with van der Waals surface area (Å²) < 4.78 is 23.3. The van der Waals surface area contributed by atoms with Gasteiger partial charge in [-0.3, -0.25) is 9.63 Å². The molecule has 0 spiro atoms. The summed E-state index contributed by atoms with van der Waals surface area (Å²) in [7, 11) is -3.82. The Balaban J connectivity index is 2.83. The minimum atomic E-state index is -3.82. The van der Waals surface area contributed by atoms with Crippen LogP contribution in [0.1, 0.15) is 13.8 Å². The number of rotatable bonds is 5. The minimum absolute atomic E-state index is 0.161. The van der Waals surface area contributed by atoms with Gasteiger partial charge in [-0.05, 0) is 12.0 Å². The SMILES string of the molecule is CC(C)CONS(=O)(=O)c1c[nH]c(=O)c(Cl)c1. The normalized spacial score (nSPS) is 12.0. The number of pyridine rings is 1. The second kappa shape index (κ2) is 5.63. The van der Waals surface area contributed by atoms with Crippen molar-refractivity contribution in [3.63, 3.8) is 0 Å². The number of sulfonamides is 1. The molecular weight excluding hydrogens is 268 g/mol. The van der Waals surface area contributed by atoms with Crippen molar-refractivity contribution in [3.8, 4) is 0 Å². The Morgan fingerprint density at radius 3 is 2.71 bits per heavy atom. The molecule has 1 heterocycles. The molecule has 2 N–H and O–H groups in total. The first-order chi connectivity index (χ1) is 7.83. The van der Waals surface area contributed by atoms with Crippen molar-refractivity contribution < 1.29 is 13.3 Å². The number of H-pyrrole nitrogens is 1. The highest BCUT2D eigenvalue weighted by atomic mass is 35.5. The first-order valence-electron chi connectivity index (χ1n) is 4.85. The summed E-state index contributed by atoms with van der Waals surface area (Å²) in [6.45, 7) is 4.01. The standard InChI is InChI=1S/C9H13ClN2O4S/c1-6(2)5-16-12-17(14,15)7-3-8(10)9(13)11-4-7/h3-4,6,12H,5H2,1-2H3,(H,11,13). The van der Waals surface area contributed by atoms with Crippen molar-refractivity contribution in [2.45, 2.75) is 18.7 Å². The van der Waals surface area contributed by atoms with Crippen LogP contribution in [0.25, 0.3) is 0 Å². The molecular formula is C9H13ClN2O4S. The Morgan fingerprint density at radius 1 is 1.53 bits per heavy atom. The number of hydrogen-bond acceptors (Lipinski definition) is 4. The zero-order valence-electron chi connectivity index (χ0n) is 9.36. The predicted octanol–water partition coefficient (Wildman–Crippen LogP) is 0.894. The fraction of sp³-hybridized carbons (Fsp3) is 0.444. The molecule has 0 aliphatic rings. The lowest BCUT2D eigenvalue weighted by molar-refractivity contribution is 0.0718. The van der Waals surface area contributed by atoms with Crippen LogP contribution in [0.5, 0.6) is 0 Å². The van der Waals surface area contributed by atoms with Gasteiger partial charge in [-0.25, -0.2) is 8.42 Å². The van der Waals surface area contributed by atoms with Crippen molar-refractivity contribution in [2.75, 3.05) is 6.61 Å². The van der Waals surface area contributed by atoms with Gasteiger partial charge in [-0.15, -0.1) is 0 Å². The van der Waals surface area contributed by atoms with Crippen molar-refractivity contribution in [1.82, 2.24) is 9.87 Å². The second-order valence-electron chi connectivity index (χ2n) is 3.80. The van der Waals surface area contributed by atoms with Crippen molar-refractivity contribution in [3.05, 3.63) is 27.6 Å². The van der Waals surface area contributed by atoms with Gasteiger partial charge in [-0.2, -0.15) is 0 Å². The van der Waals surface area contributed by atoms with Gasteiger partial charge in [0.15, 0.2) is 0 Å². The summed E-state index contributed by atoms with van der Waals surface area (Å²) in [6, 6.07) is 1.06. The van der Waals surface area contributed by atoms with Crippen LogP contribution in [0.4, 0.5) is 0 Å². The highest BCUT2D eigenvalue weighted by Gasteiger charge is 2.15. The summed E-state index contributed by atoms with van der Waals surface area (Å²) in [5.41, 5.74) is -0.547. The van der Waals surface area contributed by atoms with Gasteiger partial charge in [0, 0.05) is 6.20 Å². The Hall–Kier alpha value is -0.890. The van der Waals surface area contributed by atoms with Crippen LogP contribution >= 0.6 is 11.6 Å². The molecule has 0 amide bonds. The number of nitrogens with one attached hydrogen (secondary N) is 2. The zero-order chi connectivity index (χ0) is 13.1. The molecule has 1 rings (SSSR count). The quantitative estimate of drug-likeness (QED) is 0.784. The summed E-state index contributed by atoms with van der Waals surface area (Å²) in [5.74, 6) is 0.192. The van der Waals surface area contributed by atoms with E-state index in [-0.39, 0.29) is 22.4 Å². The van der Waals surface area contributed by atoms with Crippen LogP contribution in [-0.4, -0.2) is 20.0 Å². The van der Waals surface area contributed by atoms with E-state index in [2.05, 4.69) is 4.98 Å². The van der Waals surface area contributed by atoms with Gasteiger partial charge < -0.3 is 4.98 Å². The third-order valence-corrected chi connectivity index (χ3v) is 3.20. The minimum Gasteiger partial charge on any atom is -0.326 e. The number of hydrogen-bond donors (Lipinski definition) is 2. The van der Waals surface area contributed by atoms with Gasteiger partial charge in [0.25, 0.3) is 15.6 Å². The Bertz CT molecular complexity index is 538. The molecule has 0 atom stereocenters. The number of aromatic amines is 1. The van der Waals surface area contributed by atoms with Crippen molar-refractivity contribution in [1.29, 1.82) is 0 Å². The van der Waals surface area contributed by atoms with Crippen LogP contribution in [0.2, 0.25) is 5.02 Å². The monoisotopic (exact) mass is 280 g/mol. The van der Waals surface area contributed by atoms with E-state index >= 15 is 0 Å². The number of aromatic nitrogens is 1. The van der Waals surface area contributed by atoms with E-state index in [9.17, 15) is 13.2 Å². The molecule has 0 saturated heterocycles. The fourth-order valence-corrected chi connectivity index (χ4v) is 1.96. The van der Waals surface area contributed by atoms with Crippen LogP contribution in [0.15, 0.2) is 22.0 Å². The van der Waals surface area contributed by atoms with Crippen LogP contribution in [0, 0.1) is 5.92 Å². The molecule has 0 aromatic carbocycles. The first-order valence-corrected chi connectivity index (χ1v) is 6.71. The Labute approximate surface area is 104 Å². The molecule has 0 radical (unpaired) electrons. The molecule has 6 nitrogen and oxygen atoms in total. The largest absolute Gasteiger partial charge is 0.326 e. The average molecular weight is 281 g/mol. The molecule has 0 bridgehead atoms. The van der Waals surface area contributed by atoms with Gasteiger partial charge in [-0.1, -0.05) is 30.3 Å². The lowest BCUT2D eigenvalue weighted by atomic mass is 10.2. The maximum Gasteiger partial charge on any atom is 0.266 e. The molecule has 0 aliphatic carbocycles. The lowest BCUT2D eigenvalue weighted by Gasteiger charge is -2.08. The third kappa shape index (κ3) is 4.12. The van der Waals surface area contributed by atoms with E-state index in [1.54, 1.807) is 0 Å². The molecule has 1 aromatic heterocycles. The molecule has 17 heavy (non-hydrogen) atoms. The maximum atomic E-state index is 11.7. The van der Waals surface area contributed by atoms with Gasteiger partial charge >= 0.3 is 0 Å². The highest BCUT2D eigenvalue weighted by Crippen LogP contribution is 2.10. The molecule has 1 aromatic rings. The van der Waals surface area contributed by atoms with E-state index in [4.69, 9.17) is 16.4 Å². The topological polar surface area (TPSA) is 88.3 Å². The lowest BCUT2D eigenvalue weighted by Crippen LogP contribution is -2.26. The molecule has 8 heteroatoms. The summed E-state index contributed by atoms with van der Waals surface area (Å²) in [4.78, 5) is 19.8. The van der Waals surface area contributed by atoms with Crippen molar-refractivity contribution >= 4 is 21.6 Å². The summed E-state index contributed by atoms with van der Waals surface area (Å²) >= 11 is 5.53. The van der Waals surface area contributed by atoms with Gasteiger partial charge in [0.1, 0.15) is 9.92 Å². The second-order valence-corrected chi connectivity index (χ2v) is 5.86. The highest BCUT2D eigenvalue weighted by molar-refractivity contribution is 7.89. The Kier molecular flexibility index (Phi) is 4.70. The zero-order valence-corrected chi connectivity index (χ0v) is 10.9. The van der Waals surface area contributed by atoms with E-state index in [0.717, 1.165) is 12.3 Å². The molecule has 96 valence electrons. The van der Waals surface area contributed by atoms with Crippen LogP contribution in [-0.2, 0) is 14.9 Å². The molecule has 0 unspecified atom stereocenters. The fourth-order valence-electron chi connectivity index (χ4n) is 0.919. The first kappa shape index (κ1) is 14.2. The van der Waals surface area contributed by atoms with Gasteiger partial charge in [0.05, 0.1) is 6.61 Å². The van der Waals surface area contributed by atoms with Gasteiger partial charge in [0.2, 0.25) is 0 Å². The van der Waals surface area contributed by atoms with Crippen LogP contribution < -0.4 is 10.4 Å². The van der Waals surface area contributed by atoms with E-state index in [0.29, 0.717) is 0 Å². The van der Waals surface area contributed by atoms with E-state index in [1.165, 1.54) is 0 Å². The average Bonchev–Trinajstić information content (AvgIpc) is 2.21. The molecule has 0 fully saturated rings. The van der Waals surface area contributed by atoms with E-state index < -0.39 is 15.6 Å². The molecule has 0 aliphatic heterocycles. The maximum absolute atomic E-state index is 11.7. The van der Waals surface area contributed by atoms with Crippen LogP contribution in [0.3, 0.4) is 0 Å². The summed E-state index contributed by atoms with van der Waals surface area (Å²) in [6.07, 6.45) is 1.05. The molecule has 0 saturated carbocycles. The predicted molar refractivity (Wildman–Crippen MR) is 63.2 cm³/mol. The smallest absolute Gasteiger partial charge is 0.266 e. The Morgan fingerprint density at radius 2 is 2.18 bits per heavy atom. The summed E-state index contributed by atoms with van der Waals surface area (Å²) in [5, 5.41) is -0.197. The van der Waals surface area contributed by atoms with Crippen molar-refractivity contribution in [2.24, 2.45) is 5.92 Å². The van der Waals surface area contributed by atoms with E-state index in [1.807, 2.05) is 18.7 Å². The third-order valence-electron chi connectivity index (χ3n) is 1.73.